The van der Waals surface area contributed by atoms with Crippen molar-refractivity contribution < 1.29 is 31.3 Å². The summed E-state index contributed by atoms with van der Waals surface area (Å²) < 4.78 is 60.1. The first-order chi connectivity index (χ1) is 9.64. The number of alkyl halides is 2. The summed E-state index contributed by atoms with van der Waals surface area (Å²) in [5.41, 5.74) is 0. The second kappa shape index (κ2) is 7.46. The first kappa shape index (κ1) is 18.2. The highest BCUT2D eigenvalue weighted by molar-refractivity contribution is 7.86. The lowest BCUT2D eigenvalue weighted by Gasteiger charge is -2.26. The lowest BCUT2D eigenvalue weighted by Crippen LogP contribution is -2.42. The maximum absolute atomic E-state index is 13.2. The molecule has 1 rings (SSSR count). The molecule has 0 radical (unpaired) electrons. The van der Waals surface area contributed by atoms with Crippen LogP contribution >= 0.6 is 0 Å². The first-order valence-electron chi connectivity index (χ1n) is 6.91. The van der Waals surface area contributed by atoms with Crippen LogP contribution in [0.5, 0.6) is 0 Å². The summed E-state index contributed by atoms with van der Waals surface area (Å²) in [5.74, 6) is -0.900. The van der Waals surface area contributed by atoms with E-state index in [2.05, 4.69) is 9.64 Å². The normalized spacial score (nSPS) is 19.2. The third-order valence-corrected chi connectivity index (χ3v) is 4.45. The number of ether oxygens (including phenoxy) is 1. The minimum atomic E-state index is -5.60. The summed E-state index contributed by atoms with van der Waals surface area (Å²) >= 11 is 0. The predicted octanol–water partition coefficient (Wildman–Crippen LogP) is 1.66. The molecule has 21 heavy (non-hydrogen) atoms. The number of rotatable bonds is 7. The fraction of sp³-hybridized carbons (Fsp3) is 0.917. The summed E-state index contributed by atoms with van der Waals surface area (Å²) in [5, 5.41) is -4.50. The number of carbonyl (C=O) groups excluding carboxylic acids is 1. The van der Waals surface area contributed by atoms with E-state index in [-0.39, 0.29) is 6.42 Å². The van der Waals surface area contributed by atoms with E-state index in [4.69, 9.17) is 4.55 Å². The van der Waals surface area contributed by atoms with Crippen LogP contribution in [-0.4, -0.2) is 54.8 Å². The Labute approximate surface area is 123 Å². The molecule has 1 aliphatic heterocycles. The topological polar surface area (TPSA) is 83.9 Å². The molecule has 124 valence electrons. The molecular formula is C12H21F2NO5S. The van der Waals surface area contributed by atoms with Gasteiger partial charge in [-0.1, -0.05) is 6.42 Å². The molecule has 1 atom stereocenters. The van der Waals surface area contributed by atoms with E-state index in [1.807, 2.05) is 0 Å². The van der Waals surface area contributed by atoms with Crippen LogP contribution in [-0.2, 0) is 19.6 Å². The number of esters is 1. The molecule has 0 aromatic rings. The third-order valence-electron chi connectivity index (χ3n) is 3.43. The molecular weight excluding hydrogens is 308 g/mol. The van der Waals surface area contributed by atoms with Gasteiger partial charge in [-0.25, -0.2) is 0 Å². The fourth-order valence-electron chi connectivity index (χ4n) is 2.16. The van der Waals surface area contributed by atoms with Gasteiger partial charge in [0.15, 0.2) is 6.10 Å². The van der Waals surface area contributed by atoms with Crippen molar-refractivity contribution in [3.05, 3.63) is 0 Å². The van der Waals surface area contributed by atoms with Crippen LogP contribution in [0, 0.1) is 0 Å². The Morgan fingerprint density at radius 1 is 1.33 bits per heavy atom. The second-order valence-corrected chi connectivity index (χ2v) is 6.67. The molecule has 1 unspecified atom stereocenters. The Morgan fingerprint density at radius 3 is 2.43 bits per heavy atom. The first-order valence-corrected chi connectivity index (χ1v) is 8.35. The second-order valence-electron chi connectivity index (χ2n) is 5.17. The lowest BCUT2D eigenvalue weighted by molar-refractivity contribution is -0.159. The van der Waals surface area contributed by atoms with Crippen LogP contribution < -0.4 is 0 Å². The number of likely N-dealkylation sites (tertiary alicyclic amines) is 1. The fourth-order valence-corrected chi connectivity index (χ4v) is 2.63. The number of carbonyl (C=O) groups is 1. The Balaban J connectivity index is 2.33. The highest BCUT2D eigenvalue weighted by Crippen LogP contribution is 2.27. The molecule has 1 heterocycles. The van der Waals surface area contributed by atoms with Crippen molar-refractivity contribution >= 4 is 16.1 Å². The van der Waals surface area contributed by atoms with Crippen LogP contribution in [0.15, 0.2) is 0 Å². The minimum absolute atomic E-state index is 0.0671. The van der Waals surface area contributed by atoms with Crippen LogP contribution in [0.4, 0.5) is 8.78 Å². The average molecular weight is 329 g/mol. The van der Waals surface area contributed by atoms with Gasteiger partial charge < -0.3 is 9.64 Å². The Hall–Kier alpha value is -0.800. The molecule has 1 N–H and O–H groups in total. The van der Waals surface area contributed by atoms with Gasteiger partial charge in [-0.15, -0.1) is 0 Å². The largest absolute Gasteiger partial charge is 0.455 e. The summed E-state index contributed by atoms with van der Waals surface area (Å²) in [7, 11) is -5.60. The van der Waals surface area contributed by atoms with Gasteiger partial charge in [0, 0.05) is 6.42 Å². The average Bonchev–Trinajstić information content (AvgIpc) is 2.38. The molecule has 6 nitrogen and oxygen atoms in total. The van der Waals surface area contributed by atoms with Crippen molar-refractivity contribution in [3.63, 3.8) is 0 Å². The summed E-state index contributed by atoms with van der Waals surface area (Å²) in [6, 6.07) is 0. The van der Waals surface area contributed by atoms with E-state index < -0.39 is 27.4 Å². The molecule has 0 aromatic carbocycles. The minimum Gasteiger partial charge on any atom is -0.455 e. The van der Waals surface area contributed by atoms with E-state index in [0.29, 0.717) is 13.0 Å². The standard InChI is InChI=1S/C12H21F2NO5S/c1-10(12(13,14)21(17,18)19)20-11(16)6-5-9-15-7-3-2-4-8-15/h10H,2-9H2,1H3,(H,17,18,19). The van der Waals surface area contributed by atoms with Crippen LogP contribution in [0.25, 0.3) is 0 Å². The van der Waals surface area contributed by atoms with Gasteiger partial charge in [-0.2, -0.15) is 17.2 Å². The zero-order valence-electron chi connectivity index (χ0n) is 11.9. The number of hydrogen-bond donors (Lipinski definition) is 1. The van der Waals surface area contributed by atoms with E-state index in [1.165, 1.54) is 6.42 Å². The van der Waals surface area contributed by atoms with Crippen molar-refractivity contribution in [2.24, 2.45) is 0 Å². The van der Waals surface area contributed by atoms with Crippen LogP contribution in [0.2, 0.25) is 0 Å². The number of hydrogen-bond acceptors (Lipinski definition) is 5. The predicted molar refractivity (Wildman–Crippen MR) is 71.6 cm³/mol. The molecule has 1 fully saturated rings. The lowest BCUT2D eigenvalue weighted by atomic mass is 10.1. The molecule has 0 amide bonds. The van der Waals surface area contributed by atoms with Gasteiger partial charge >= 0.3 is 21.3 Å². The van der Waals surface area contributed by atoms with Gasteiger partial charge in [-0.05, 0) is 45.8 Å². The molecule has 0 spiro atoms. The van der Waals surface area contributed by atoms with Crippen molar-refractivity contribution in [2.75, 3.05) is 19.6 Å². The zero-order chi connectivity index (χ0) is 16.1. The van der Waals surface area contributed by atoms with Crippen LogP contribution in [0.3, 0.4) is 0 Å². The highest BCUT2D eigenvalue weighted by atomic mass is 32.2. The Morgan fingerprint density at radius 2 is 1.90 bits per heavy atom. The van der Waals surface area contributed by atoms with E-state index in [0.717, 1.165) is 32.9 Å². The molecule has 0 saturated carbocycles. The van der Waals surface area contributed by atoms with Crippen molar-refractivity contribution in [1.29, 1.82) is 0 Å². The summed E-state index contributed by atoms with van der Waals surface area (Å²) in [4.78, 5) is 13.6. The molecule has 1 saturated heterocycles. The monoisotopic (exact) mass is 329 g/mol. The van der Waals surface area contributed by atoms with Gasteiger partial charge in [0.1, 0.15) is 0 Å². The quantitative estimate of drug-likeness (QED) is 0.565. The third kappa shape index (κ3) is 5.48. The molecule has 0 bridgehead atoms. The molecule has 0 aromatic heterocycles. The van der Waals surface area contributed by atoms with Crippen molar-refractivity contribution in [1.82, 2.24) is 4.90 Å². The van der Waals surface area contributed by atoms with Gasteiger partial charge in [0.05, 0.1) is 0 Å². The van der Waals surface area contributed by atoms with Crippen molar-refractivity contribution in [2.45, 2.75) is 50.4 Å². The van der Waals surface area contributed by atoms with Crippen LogP contribution in [0.1, 0.15) is 39.0 Å². The molecule has 9 heteroatoms. The van der Waals surface area contributed by atoms with Gasteiger partial charge in [-0.3, -0.25) is 9.35 Å². The number of nitrogens with zero attached hydrogens (tertiary/aromatic N) is 1. The number of halogens is 2. The zero-order valence-corrected chi connectivity index (χ0v) is 12.7. The molecule has 0 aliphatic carbocycles. The smallest absolute Gasteiger partial charge is 0.405 e. The van der Waals surface area contributed by atoms with Gasteiger partial charge in [0.2, 0.25) is 0 Å². The van der Waals surface area contributed by atoms with E-state index in [9.17, 15) is 22.0 Å². The molecule has 1 aliphatic rings. The Kier molecular flexibility index (Phi) is 6.48. The van der Waals surface area contributed by atoms with E-state index >= 15 is 0 Å². The highest BCUT2D eigenvalue weighted by Gasteiger charge is 2.51. The van der Waals surface area contributed by atoms with Gasteiger partial charge in [0.25, 0.3) is 0 Å². The summed E-state index contributed by atoms with van der Waals surface area (Å²) in [6.45, 7) is 3.34. The maximum atomic E-state index is 13.2. The van der Waals surface area contributed by atoms with Crippen molar-refractivity contribution in [3.8, 4) is 0 Å². The Bertz CT molecular complexity index is 449. The maximum Gasteiger partial charge on any atom is 0.405 e. The SMILES string of the molecule is CC(OC(=O)CCCN1CCCCC1)C(F)(F)S(=O)(=O)O. The van der Waals surface area contributed by atoms with E-state index in [1.54, 1.807) is 0 Å². The summed E-state index contributed by atoms with van der Waals surface area (Å²) in [6.07, 6.45) is 1.59. The number of piperidine rings is 1.